The van der Waals surface area contributed by atoms with Gasteiger partial charge in [-0.2, -0.15) is 5.10 Å². The van der Waals surface area contributed by atoms with Crippen molar-refractivity contribution in [1.29, 1.82) is 0 Å². The van der Waals surface area contributed by atoms with Crippen molar-refractivity contribution in [2.24, 2.45) is 5.73 Å². The second-order valence-corrected chi connectivity index (χ2v) is 4.17. The van der Waals surface area contributed by atoms with Gasteiger partial charge in [0.2, 0.25) is 0 Å². The summed E-state index contributed by atoms with van der Waals surface area (Å²) < 4.78 is 2.08. The number of nitrogens with zero attached hydrogens (tertiary/aromatic N) is 3. The van der Waals surface area contributed by atoms with Crippen LogP contribution < -0.4 is 10.6 Å². The molecule has 1 aliphatic rings. The molecule has 0 aromatic carbocycles. The molecular formula is C10H18N4. The van der Waals surface area contributed by atoms with Gasteiger partial charge < -0.3 is 10.6 Å². The van der Waals surface area contributed by atoms with E-state index in [1.807, 2.05) is 13.1 Å². The first kappa shape index (κ1) is 9.52. The van der Waals surface area contributed by atoms with Crippen LogP contribution in [0.15, 0.2) is 6.20 Å². The minimum atomic E-state index is 0.208. The Labute approximate surface area is 84.7 Å². The van der Waals surface area contributed by atoms with E-state index in [0.717, 1.165) is 19.5 Å². The second kappa shape index (κ2) is 3.61. The third-order valence-electron chi connectivity index (χ3n) is 2.65. The summed E-state index contributed by atoms with van der Waals surface area (Å²) in [6.07, 6.45) is 4.06. The van der Waals surface area contributed by atoms with Gasteiger partial charge in [-0.3, -0.25) is 0 Å². The second-order valence-electron chi connectivity index (χ2n) is 4.17. The normalized spacial score (nSPS) is 18.1. The molecule has 0 saturated carbocycles. The molecule has 14 heavy (non-hydrogen) atoms. The van der Waals surface area contributed by atoms with Gasteiger partial charge in [-0.1, -0.05) is 0 Å². The Morgan fingerprint density at radius 3 is 3.07 bits per heavy atom. The topological polar surface area (TPSA) is 47.1 Å². The Balaban J connectivity index is 2.29. The Hall–Kier alpha value is -1.03. The predicted molar refractivity (Wildman–Crippen MR) is 57.5 cm³/mol. The number of hydrogen-bond acceptors (Lipinski definition) is 3. The lowest BCUT2D eigenvalue weighted by molar-refractivity contribution is 0.531. The standard InChI is InChI=1S/C10H18N4/c1-8(11)6-9-7-12-14-5-3-4-13(2)10(9)14/h7-8H,3-6,11H2,1-2H3. The first-order valence-corrected chi connectivity index (χ1v) is 5.20. The van der Waals surface area contributed by atoms with Crippen LogP contribution in [0.4, 0.5) is 5.82 Å². The molecule has 78 valence electrons. The lowest BCUT2D eigenvalue weighted by atomic mass is 10.1. The van der Waals surface area contributed by atoms with Gasteiger partial charge in [0.1, 0.15) is 5.82 Å². The fraction of sp³-hybridized carbons (Fsp3) is 0.700. The summed E-state index contributed by atoms with van der Waals surface area (Å²) in [4.78, 5) is 2.27. The molecule has 0 saturated heterocycles. The SMILES string of the molecule is CC(N)Cc1cnn2c1N(C)CCC2. The quantitative estimate of drug-likeness (QED) is 0.750. The van der Waals surface area contributed by atoms with Gasteiger partial charge >= 0.3 is 0 Å². The maximum Gasteiger partial charge on any atom is 0.129 e. The van der Waals surface area contributed by atoms with Crippen LogP contribution in [0.3, 0.4) is 0 Å². The zero-order chi connectivity index (χ0) is 10.1. The molecule has 0 radical (unpaired) electrons. The molecule has 0 bridgehead atoms. The van der Waals surface area contributed by atoms with Crippen LogP contribution in [0.1, 0.15) is 18.9 Å². The molecule has 0 aliphatic carbocycles. The molecule has 4 nitrogen and oxygen atoms in total. The summed E-state index contributed by atoms with van der Waals surface area (Å²) in [6, 6.07) is 0.208. The minimum absolute atomic E-state index is 0.208. The number of rotatable bonds is 2. The highest BCUT2D eigenvalue weighted by Gasteiger charge is 2.19. The maximum absolute atomic E-state index is 5.81. The molecule has 1 aromatic heterocycles. The van der Waals surface area contributed by atoms with Crippen LogP contribution in [0.5, 0.6) is 0 Å². The first-order chi connectivity index (χ1) is 6.68. The molecule has 2 rings (SSSR count). The van der Waals surface area contributed by atoms with E-state index in [2.05, 4.69) is 21.7 Å². The summed E-state index contributed by atoms with van der Waals surface area (Å²) in [5, 5.41) is 4.38. The lowest BCUT2D eigenvalue weighted by Crippen LogP contribution is -2.30. The third kappa shape index (κ3) is 1.62. The zero-order valence-corrected chi connectivity index (χ0v) is 8.90. The van der Waals surface area contributed by atoms with Crippen molar-refractivity contribution >= 4 is 5.82 Å². The summed E-state index contributed by atoms with van der Waals surface area (Å²) in [6.45, 7) is 4.20. The van der Waals surface area contributed by atoms with Crippen molar-refractivity contribution in [3.8, 4) is 0 Å². The molecule has 2 heterocycles. The summed E-state index contributed by atoms with van der Waals surface area (Å²) in [7, 11) is 2.12. The zero-order valence-electron chi connectivity index (χ0n) is 8.90. The van der Waals surface area contributed by atoms with Crippen LogP contribution in [0.25, 0.3) is 0 Å². The van der Waals surface area contributed by atoms with E-state index < -0.39 is 0 Å². The van der Waals surface area contributed by atoms with E-state index in [4.69, 9.17) is 5.73 Å². The minimum Gasteiger partial charge on any atom is -0.360 e. The smallest absolute Gasteiger partial charge is 0.129 e. The lowest BCUT2D eigenvalue weighted by Gasteiger charge is -2.27. The van der Waals surface area contributed by atoms with Crippen molar-refractivity contribution in [3.63, 3.8) is 0 Å². The van der Waals surface area contributed by atoms with Crippen molar-refractivity contribution in [2.75, 3.05) is 18.5 Å². The molecule has 4 heteroatoms. The van der Waals surface area contributed by atoms with E-state index in [-0.39, 0.29) is 6.04 Å². The third-order valence-corrected chi connectivity index (χ3v) is 2.65. The van der Waals surface area contributed by atoms with Crippen molar-refractivity contribution in [1.82, 2.24) is 9.78 Å². The monoisotopic (exact) mass is 194 g/mol. The highest BCUT2D eigenvalue weighted by Crippen LogP contribution is 2.24. The van der Waals surface area contributed by atoms with Crippen molar-refractivity contribution in [3.05, 3.63) is 11.8 Å². The van der Waals surface area contributed by atoms with Crippen molar-refractivity contribution < 1.29 is 0 Å². The molecule has 0 spiro atoms. The van der Waals surface area contributed by atoms with Gasteiger partial charge in [0, 0.05) is 31.7 Å². The van der Waals surface area contributed by atoms with Crippen LogP contribution >= 0.6 is 0 Å². The first-order valence-electron chi connectivity index (χ1n) is 5.20. The number of nitrogens with two attached hydrogens (primary N) is 1. The van der Waals surface area contributed by atoms with E-state index in [1.54, 1.807) is 0 Å². The number of aryl methyl sites for hydroxylation is 1. The highest BCUT2D eigenvalue weighted by atomic mass is 15.4. The van der Waals surface area contributed by atoms with Gasteiger partial charge in [-0.15, -0.1) is 0 Å². The molecule has 1 atom stereocenters. The van der Waals surface area contributed by atoms with Crippen LogP contribution in [-0.4, -0.2) is 29.4 Å². The molecule has 0 fully saturated rings. The number of anilines is 1. The molecule has 1 aromatic rings. The average Bonchev–Trinajstić information content (AvgIpc) is 2.49. The Bertz CT molecular complexity index is 316. The average molecular weight is 194 g/mol. The maximum atomic E-state index is 5.81. The Morgan fingerprint density at radius 1 is 1.57 bits per heavy atom. The van der Waals surface area contributed by atoms with Crippen molar-refractivity contribution in [2.45, 2.75) is 32.4 Å². The van der Waals surface area contributed by atoms with Crippen LogP contribution in [0.2, 0.25) is 0 Å². The number of hydrogen-bond donors (Lipinski definition) is 1. The van der Waals surface area contributed by atoms with Gasteiger partial charge in [0.15, 0.2) is 0 Å². The van der Waals surface area contributed by atoms with Crippen LogP contribution in [-0.2, 0) is 13.0 Å². The van der Waals surface area contributed by atoms with E-state index >= 15 is 0 Å². The summed E-state index contributed by atoms with van der Waals surface area (Å²) >= 11 is 0. The fourth-order valence-electron chi connectivity index (χ4n) is 2.08. The van der Waals surface area contributed by atoms with Gasteiger partial charge in [-0.05, 0) is 19.8 Å². The predicted octanol–water partition coefficient (Wildman–Crippen LogP) is 0.613. The van der Waals surface area contributed by atoms with E-state index in [9.17, 15) is 0 Å². The molecule has 0 amide bonds. The molecule has 1 unspecified atom stereocenters. The largest absolute Gasteiger partial charge is 0.360 e. The van der Waals surface area contributed by atoms with Crippen LogP contribution in [0, 0.1) is 0 Å². The molecule has 2 N–H and O–H groups in total. The fourth-order valence-corrected chi connectivity index (χ4v) is 2.08. The van der Waals surface area contributed by atoms with Gasteiger partial charge in [-0.25, -0.2) is 4.68 Å². The highest BCUT2D eigenvalue weighted by molar-refractivity contribution is 5.47. The Kier molecular flexibility index (Phi) is 2.46. The number of aromatic nitrogens is 2. The Morgan fingerprint density at radius 2 is 2.36 bits per heavy atom. The van der Waals surface area contributed by atoms with E-state index in [1.165, 1.54) is 17.8 Å². The number of fused-ring (bicyclic) bond motifs is 1. The van der Waals surface area contributed by atoms with Gasteiger partial charge in [0.25, 0.3) is 0 Å². The molecular weight excluding hydrogens is 176 g/mol. The summed E-state index contributed by atoms with van der Waals surface area (Å²) in [5.74, 6) is 1.26. The molecule has 1 aliphatic heterocycles. The summed E-state index contributed by atoms with van der Waals surface area (Å²) in [5.41, 5.74) is 7.09. The van der Waals surface area contributed by atoms with E-state index in [0.29, 0.717) is 0 Å². The van der Waals surface area contributed by atoms with Gasteiger partial charge in [0.05, 0.1) is 6.20 Å².